The van der Waals surface area contributed by atoms with Crippen LogP contribution in [0.4, 0.5) is 17.2 Å². The lowest BCUT2D eigenvalue weighted by molar-refractivity contribution is -0.115. The SMILES string of the molecule is CCCn1c(N)c(N(CCOC)C(=O)c2cccc(NC(=O)CC)c2)c(=O)[nH]c1=O. The highest BCUT2D eigenvalue weighted by molar-refractivity contribution is 6.08. The lowest BCUT2D eigenvalue weighted by atomic mass is 10.1. The summed E-state index contributed by atoms with van der Waals surface area (Å²) in [4.78, 5) is 53.0. The number of H-pyrrole nitrogens is 1. The van der Waals surface area contributed by atoms with Crippen molar-refractivity contribution in [2.75, 3.05) is 36.2 Å². The van der Waals surface area contributed by atoms with E-state index in [0.29, 0.717) is 25.1 Å². The zero-order chi connectivity index (χ0) is 22.3. The molecule has 10 heteroatoms. The standard InChI is InChI=1S/C20H27N5O5/c1-4-9-25-17(21)16(18(27)23-20(25)29)24(10-11-30-3)19(28)13-7-6-8-14(12-13)22-15(26)5-2/h6-8,12H,4-5,9-11,21H2,1-3H3,(H,22,26)(H,23,27,29). The summed E-state index contributed by atoms with van der Waals surface area (Å²) in [5.41, 5.74) is 5.31. The van der Waals surface area contributed by atoms with Gasteiger partial charge in [-0.25, -0.2) is 4.79 Å². The van der Waals surface area contributed by atoms with E-state index in [9.17, 15) is 19.2 Å². The fraction of sp³-hybridized carbons (Fsp3) is 0.400. The summed E-state index contributed by atoms with van der Waals surface area (Å²) in [6.45, 7) is 4.05. The van der Waals surface area contributed by atoms with Gasteiger partial charge in [0.05, 0.1) is 6.61 Å². The molecule has 2 rings (SSSR count). The second kappa shape index (κ2) is 10.4. The Labute approximate surface area is 173 Å². The lowest BCUT2D eigenvalue weighted by Crippen LogP contribution is -2.42. The molecule has 2 aromatic rings. The van der Waals surface area contributed by atoms with Gasteiger partial charge in [-0.15, -0.1) is 0 Å². The number of carbonyl (C=O) groups excluding carboxylic acids is 2. The minimum absolute atomic E-state index is 0.0402. The van der Waals surface area contributed by atoms with Crippen molar-refractivity contribution in [3.63, 3.8) is 0 Å². The van der Waals surface area contributed by atoms with Crippen LogP contribution in [0, 0.1) is 0 Å². The lowest BCUT2D eigenvalue weighted by Gasteiger charge is -2.24. The number of anilines is 3. The van der Waals surface area contributed by atoms with Crippen molar-refractivity contribution in [1.82, 2.24) is 9.55 Å². The van der Waals surface area contributed by atoms with E-state index in [0.717, 1.165) is 0 Å². The molecular formula is C20H27N5O5. The summed E-state index contributed by atoms with van der Waals surface area (Å²) in [6, 6.07) is 6.36. The Morgan fingerprint density at radius 3 is 2.63 bits per heavy atom. The molecule has 0 aliphatic rings. The van der Waals surface area contributed by atoms with E-state index in [1.807, 2.05) is 6.92 Å². The molecule has 0 radical (unpaired) electrons. The topological polar surface area (TPSA) is 140 Å². The molecule has 0 aliphatic carbocycles. The first-order valence-electron chi connectivity index (χ1n) is 9.67. The molecule has 0 saturated carbocycles. The Balaban J connectivity index is 2.54. The quantitative estimate of drug-likeness (QED) is 0.560. The van der Waals surface area contributed by atoms with Crippen molar-refractivity contribution in [3.05, 3.63) is 50.7 Å². The number of hydrogen-bond acceptors (Lipinski definition) is 6. The maximum atomic E-state index is 13.3. The average molecular weight is 417 g/mol. The highest BCUT2D eigenvalue weighted by Crippen LogP contribution is 2.21. The van der Waals surface area contributed by atoms with Crippen molar-refractivity contribution < 1.29 is 14.3 Å². The van der Waals surface area contributed by atoms with Crippen molar-refractivity contribution in [1.29, 1.82) is 0 Å². The fourth-order valence-electron chi connectivity index (χ4n) is 2.92. The number of aromatic amines is 1. The molecule has 30 heavy (non-hydrogen) atoms. The molecular weight excluding hydrogens is 390 g/mol. The summed E-state index contributed by atoms with van der Waals surface area (Å²) in [6.07, 6.45) is 0.907. The molecule has 0 unspecified atom stereocenters. The van der Waals surface area contributed by atoms with Crippen LogP contribution < -0.4 is 27.2 Å². The van der Waals surface area contributed by atoms with Gasteiger partial charge in [0.25, 0.3) is 11.5 Å². The third-order valence-corrected chi connectivity index (χ3v) is 4.41. The van der Waals surface area contributed by atoms with Gasteiger partial charge in [0.1, 0.15) is 5.82 Å². The monoisotopic (exact) mass is 417 g/mol. The number of nitrogens with zero attached hydrogens (tertiary/aromatic N) is 2. The van der Waals surface area contributed by atoms with Gasteiger partial charge in [0.15, 0.2) is 5.69 Å². The number of nitrogens with one attached hydrogen (secondary N) is 2. The highest BCUT2D eigenvalue weighted by Gasteiger charge is 2.25. The minimum atomic E-state index is -0.759. The van der Waals surface area contributed by atoms with E-state index in [4.69, 9.17) is 10.5 Å². The predicted octanol–water partition coefficient (Wildman–Crippen LogP) is 1.17. The third-order valence-electron chi connectivity index (χ3n) is 4.41. The number of benzene rings is 1. The molecule has 1 heterocycles. The number of nitrogens with two attached hydrogens (primary N) is 1. The number of hydrogen-bond donors (Lipinski definition) is 3. The first-order chi connectivity index (χ1) is 14.3. The molecule has 0 spiro atoms. The van der Waals surface area contributed by atoms with Crippen LogP contribution in [0.5, 0.6) is 0 Å². The van der Waals surface area contributed by atoms with Gasteiger partial charge in [-0.3, -0.25) is 28.8 Å². The molecule has 0 atom stereocenters. The maximum absolute atomic E-state index is 13.3. The summed E-state index contributed by atoms with van der Waals surface area (Å²) < 4.78 is 6.30. The van der Waals surface area contributed by atoms with Crippen LogP contribution >= 0.6 is 0 Å². The number of methoxy groups -OCH3 is 1. The smallest absolute Gasteiger partial charge is 0.330 e. The number of ether oxygens (including phenoxy) is 1. The molecule has 4 N–H and O–H groups in total. The maximum Gasteiger partial charge on any atom is 0.330 e. The minimum Gasteiger partial charge on any atom is -0.383 e. The predicted molar refractivity (Wildman–Crippen MR) is 115 cm³/mol. The van der Waals surface area contributed by atoms with E-state index >= 15 is 0 Å². The van der Waals surface area contributed by atoms with E-state index < -0.39 is 17.2 Å². The largest absolute Gasteiger partial charge is 0.383 e. The van der Waals surface area contributed by atoms with Crippen LogP contribution in [0.2, 0.25) is 0 Å². The van der Waals surface area contributed by atoms with Crippen LogP contribution in [0.25, 0.3) is 0 Å². The van der Waals surface area contributed by atoms with Gasteiger partial charge in [0, 0.05) is 37.9 Å². The Hall–Kier alpha value is -3.40. The van der Waals surface area contributed by atoms with Crippen LogP contribution in [-0.4, -0.2) is 41.6 Å². The Bertz CT molecular complexity index is 1030. The third kappa shape index (κ3) is 5.15. The van der Waals surface area contributed by atoms with Gasteiger partial charge < -0.3 is 15.8 Å². The molecule has 0 saturated heterocycles. The first-order valence-corrected chi connectivity index (χ1v) is 9.67. The summed E-state index contributed by atoms with van der Waals surface area (Å²) in [7, 11) is 1.47. The molecule has 2 amide bonds. The van der Waals surface area contributed by atoms with Crippen LogP contribution in [0.15, 0.2) is 33.9 Å². The Morgan fingerprint density at radius 1 is 1.27 bits per heavy atom. The number of aromatic nitrogens is 2. The van der Waals surface area contributed by atoms with Crippen LogP contribution in [0.3, 0.4) is 0 Å². The second-order valence-corrected chi connectivity index (χ2v) is 6.58. The number of carbonyl (C=O) groups is 2. The highest BCUT2D eigenvalue weighted by atomic mass is 16.5. The Kier molecular flexibility index (Phi) is 7.93. The molecule has 0 bridgehead atoms. The van der Waals surface area contributed by atoms with Crippen molar-refractivity contribution in [3.8, 4) is 0 Å². The van der Waals surface area contributed by atoms with Gasteiger partial charge >= 0.3 is 5.69 Å². The molecule has 0 aliphatic heterocycles. The van der Waals surface area contributed by atoms with Crippen molar-refractivity contribution in [2.24, 2.45) is 0 Å². The molecule has 1 aromatic carbocycles. The molecule has 162 valence electrons. The van der Waals surface area contributed by atoms with E-state index in [2.05, 4.69) is 10.3 Å². The Morgan fingerprint density at radius 2 is 2.00 bits per heavy atom. The second-order valence-electron chi connectivity index (χ2n) is 6.58. The molecule has 10 nitrogen and oxygen atoms in total. The van der Waals surface area contributed by atoms with E-state index in [1.165, 1.54) is 22.6 Å². The van der Waals surface area contributed by atoms with Crippen molar-refractivity contribution >= 4 is 29.0 Å². The summed E-state index contributed by atoms with van der Waals surface area (Å²) in [5.74, 6) is -0.799. The first kappa shape index (κ1) is 22.9. The van der Waals surface area contributed by atoms with Gasteiger partial charge in [-0.1, -0.05) is 19.9 Å². The van der Waals surface area contributed by atoms with Gasteiger partial charge in [-0.05, 0) is 24.6 Å². The van der Waals surface area contributed by atoms with E-state index in [-0.39, 0.29) is 36.1 Å². The fourth-order valence-corrected chi connectivity index (χ4v) is 2.92. The number of amides is 2. The summed E-state index contributed by atoms with van der Waals surface area (Å²) >= 11 is 0. The number of rotatable bonds is 9. The average Bonchev–Trinajstić information content (AvgIpc) is 2.72. The van der Waals surface area contributed by atoms with Gasteiger partial charge in [-0.2, -0.15) is 0 Å². The van der Waals surface area contributed by atoms with Crippen LogP contribution in [0.1, 0.15) is 37.0 Å². The normalized spacial score (nSPS) is 10.6. The zero-order valence-electron chi connectivity index (χ0n) is 17.4. The number of nitrogen functional groups attached to an aromatic ring is 1. The molecule has 0 fully saturated rings. The van der Waals surface area contributed by atoms with Gasteiger partial charge in [0.2, 0.25) is 5.91 Å². The van der Waals surface area contributed by atoms with Crippen molar-refractivity contribution in [2.45, 2.75) is 33.2 Å². The molecule has 1 aromatic heterocycles. The van der Waals surface area contributed by atoms with Crippen LogP contribution in [-0.2, 0) is 16.1 Å². The van der Waals surface area contributed by atoms with E-state index in [1.54, 1.807) is 25.1 Å². The zero-order valence-corrected chi connectivity index (χ0v) is 17.4. The summed E-state index contributed by atoms with van der Waals surface area (Å²) in [5, 5.41) is 2.69.